The first kappa shape index (κ1) is 22.1. The summed E-state index contributed by atoms with van der Waals surface area (Å²) in [5.74, 6) is 4.28. The van der Waals surface area contributed by atoms with Gasteiger partial charge in [0.15, 0.2) is 0 Å². The Balaban J connectivity index is 1.47. The number of hydrogen-bond acceptors (Lipinski definition) is 3. The molecule has 1 heterocycles. The minimum atomic E-state index is -0.140. The minimum absolute atomic E-state index is 0.0469. The molecule has 0 radical (unpaired) electrons. The Bertz CT molecular complexity index is 574. The largest absolute Gasteiger partial charge is 0.394 e. The zero-order chi connectivity index (χ0) is 21.0. The molecule has 0 aromatic heterocycles. The Morgan fingerprint density at radius 1 is 0.966 bits per heavy atom. The van der Waals surface area contributed by atoms with E-state index in [1.54, 1.807) is 0 Å². The SMILES string of the molecule is CC1CC[C@H](O)C(C)(C)C1CC[C@@H]1CCC[C@@]2(C)C1CC1O[C@@H](CO)C[C@@H](C)C12. The lowest BCUT2D eigenvalue weighted by Crippen LogP contribution is -2.46. The first-order valence-corrected chi connectivity index (χ1v) is 12.6. The van der Waals surface area contributed by atoms with Crippen LogP contribution in [0.25, 0.3) is 0 Å². The van der Waals surface area contributed by atoms with Gasteiger partial charge in [0, 0.05) is 0 Å². The van der Waals surface area contributed by atoms with Crippen molar-refractivity contribution in [2.75, 3.05) is 6.61 Å². The average molecular weight is 407 g/mol. The summed E-state index contributed by atoms with van der Waals surface area (Å²) in [5.41, 5.74) is 0.464. The molecule has 1 saturated heterocycles. The monoisotopic (exact) mass is 406 g/mol. The number of fused-ring (bicyclic) bond motifs is 3. The second kappa shape index (κ2) is 8.10. The molecule has 10 atom stereocenters. The van der Waals surface area contributed by atoms with E-state index in [-0.39, 0.29) is 24.2 Å². The topological polar surface area (TPSA) is 49.7 Å². The molecule has 1 aliphatic heterocycles. The summed E-state index contributed by atoms with van der Waals surface area (Å²) in [6, 6.07) is 0. The van der Waals surface area contributed by atoms with Crippen LogP contribution in [0.15, 0.2) is 0 Å². The van der Waals surface area contributed by atoms with Crippen LogP contribution in [-0.4, -0.2) is 35.1 Å². The summed E-state index contributed by atoms with van der Waals surface area (Å²) >= 11 is 0. The summed E-state index contributed by atoms with van der Waals surface area (Å²) in [5, 5.41) is 20.3. The maximum absolute atomic E-state index is 10.6. The van der Waals surface area contributed by atoms with Gasteiger partial charge in [-0.3, -0.25) is 0 Å². The molecule has 0 aromatic carbocycles. The fourth-order valence-corrected chi connectivity index (χ4v) is 8.88. The normalized spacial score (nSPS) is 52.0. The molecule has 3 saturated carbocycles. The summed E-state index contributed by atoms with van der Waals surface area (Å²) in [6.07, 6.45) is 11.3. The highest BCUT2D eigenvalue weighted by Gasteiger charge is 2.59. The van der Waals surface area contributed by atoms with Crippen LogP contribution >= 0.6 is 0 Å². The molecule has 3 nitrogen and oxygen atoms in total. The van der Waals surface area contributed by atoms with Crippen LogP contribution in [0.2, 0.25) is 0 Å². The van der Waals surface area contributed by atoms with E-state index in [0.29, 0.717) is 29.3 Å². The number of rotatable bonds is 4. The fourth-order valence-electron chi connectivity index (χ4n) is 8.88. The molecule has 3 aliphatic carbocycles. The van der Waals surface area contributed by atoms with E-state index >= 15 is 0 Å². The van der Waals surface area contributed by atoms with Gasteiger partial charge in [0.05, 0.1) is 24.9 Å². The zero-order valence-corrected chi connectivity index (χ0v) is 19.6. The Morgan fingerprint density at radius 2 is 1.72 bits per heavy atom. The highest BCUT2D eigenvalue weighted by atomic mass is 16.5. The molecule has 4 aliphatic rings. The quantitative estimate of drug-likeness (QED) is 0.654. The molecule has 0 aromatic rings. The van der Waals surface area contributed by atoms with E-state index in [0.717, 1.165) is 30.6 Å². The van der Waals surface area contributed by atoms with E-state index in [4.69, 9.17) is 4.74 Å². The molecule has 2 N–H and O–H groups in total. The third-order valence-electron chi connectivity index (χ3n) is 10.4. The summed E-state index contributed by atoms with van der Waals surface area (Å²) in [6.45, 7) is 12.2. The van der Waals surface area contributed by atoms with Crippen molar-refractivity contribution in [3.8, 4) is 0 Å². The predicted octanol–water partition coefficient (Wildman–Crippen LogP) is 5.43. The summed E-state index contributed by atoms with van der Waals surface area (Å²) in [7, 11) is 0. The Labute approximate surface area is 179 Å². The van der Waals surface area contributed by atoms with Crippen LogP contribution in [0.4, 0.5) is 0 Å². The van der Waals surface area contributed by atoms with Crippen molar-refractivity contribution < 1.29 is 14.9 Å². The lowest BCUT2D eigenvalue weighted by Gasteiger charge is -2.50. The van der Waals surface area contributed by atoms with E-state index in [1.807, 2.05) is 0 Å². The van der Waals surface area contributed by atoms with Crippen molar-refractivity contribution in [2.24, 2.45) is 46.3 Å². The van der Waals surface area contributed by atoms with Gasteiger partial charge in [-0.1, -0.05) is 47.5 Å². The van der Waals surface area contributed by atoms with Crippen LogP contribution < -0.4 is 0 Å². The molecule has 4 rings (SSSR count). The van der Waals surface area contributed by atoms with E-state index in [1.165, 1.54) is 44.9 Å². The smallest absolute Gasteiger partial charge is 0.0812 e. The van der Waals surface area contributed by atoms with Crippen molar-refractivity contribution >= 4 is 0 Å². The minimum Gasteiger partial charge on any atom is -0.394 e. The second-order valence-electron chi connectivity index (χ2n) is 12.3. The van der Waals surface area contributed by atoms with Gasteiger partial charge in [-0.25, -0.2) is 0 Å². The van der Waals surface area contributed by atoms with Gasteiger partial charge in [0.25, 0.3) is 0 Å². The van der Waals surface area contributed by atoms with E-state index in [9.17, 15) is 10.2 Å². The molecule has 29 heavy (non-hydrogen) atoms. The van der Waals surface area contributed by atoms with Crippen LogP contribution in [0.1, 0.15) is 92.4 Å². The number of hydrogen-bond donors (Lipinski definition) is 2. The van der Waals surface area contributed by atoms with Crippen molar-refractivity contribution in [1.29, 1.82) is 0 Å². The number of aliphatic hydroxyl groups excluding tert-OH is 2. The van der Waals surface area contributed by atoms with E-state index in [2.05, 4.69) is 34.6 Å². The molecule has 0 bridgehead atoms. The maximum atomic E-state index is 10.6. The van der Waals surface area contributed by atoms with Gasteiger partial charge < -0.3 is 14.9 Å². The molecule has 0 amide bonds. The standard InChI is InChI=1S/C26H46O3/c1-16-8-11-23(28)25(3,4)20(16)10-9-18-7-6-12-26(5)21(18)14-22-24(26)17(2)13-19(15-27)29-22/h16-24,27-28H,6-15H2,1-5H3/t16?,17-,18+,19-,20?,21?,22?,23+,24?,26+/m1/s1. The Hall–Kier alpha value is -0.120. The molecule has 4 fully saturated rings. The third kappa shape index (κ3) is 3.72. The van der Waals surface area contributed by atoms with Crippen molar-refractivity contribution in [2.45, 2.75) is 111 Å². The highest BCUT2D eigenvalue weighted by molar-refractivity contribution is 5.07. The Kier molecular flexibility index (Phi) is 6.17. The average Bonchev–Trinajstić information content (AvgIpc) is 2.98. The van der Waals surface area contributed by atoms with Crippen LogP contribution in [-0.2, 0) is 4.74 Å². The zero-order valence-electron chi connectivity index (χ0n) is 19.6. The van der Waals surface area contributed by atoms with Gasteiger partial charge in [-0.05, 0) is 91.3 Å². The highest BCUT2D eigenvalue weighted by Crippen LogP contribution is 2.63. The molecular weight excluding hydrogens is 360 g/mol. The van der Waals surface area contributed by atoms with Gasteiger partial charge in [-0.2, -0.15) is 0 Å². The lowest BCUT2D eigenvalue weighted by atomic mass is 9.56. The van der Waals surface area contributed by atoms with Crippen LogP contribution in [0, 0.1) is 46.3 Å². The van der Waals surface area contributed by atoms with Crippen LogP contribution in [0.5, 0.6) is 0 Å². The molecule has 3 heteroatoms. The first-order valence-electron chi connectivity index (χ1n) is 12.6. The first-order chi connectivity index (χ1) is 13.7. The Morgan fingerprint density at radius 3 is 2.45 bits per heavy atom. The summed E-state index contributed by atoms with van der Waals surface area (Å²) in [4.78, 5) is 0. The summed E-state index contributed by atoms with van der Waals surface area (Å²) < 4.78 is 6.41. The van der Waals surface area contributed by atoms with Gasteiger partial charge in [-0.15, -0.1) is 0 Å². The number of ether oxygens (including phenoxy) is 1. The third-order valence-corrected chi connectivity index (χ3v) is 10.4. The van der Waals surface area contributed by atoms with Crippen LogP contribution in [0.3, 0.4) is 0 Å². The van der Waals surface area contributed by atoms with Crippen molar-refractivity contribution in [1.82, 2.24) is 0 Å². The molecular formula is C26H46O3. The lowest BCUT2D eigenvalue weighted by molar-refractivity contribution is -0.130. The second-order valence-corrected chi connectivity index (χ2v) is 12.3. The molecule has 5 unspecified atom stereocenters. The molecule has 0 spiro atoms. The predicted molar refractivity (Wildman–Crippen MR) is 117 cm³/mol. The maximum Gasteiger partial charge on any atom is 0.0812 e. The van der Waals surface area contributed by atoms with Gasteiger partial charge in [0.2, 0.25) is 0 Å². The fraction of sp³-hybridized carbons (Fsp3) is 1.00. The van der Waals surface area contributed by atoms with Crippen molar-refractivity contribution in [3.63, 3.8) is 0 Å². The van der Waals surface area contributed by atoms with Crippen molar-refractivity contribution in [3.05, 3.63) is 0 Å². The van der Waals surface area contributed by atoms with Gasteiger partial charge in [0.1, 0.15) is 0 Å². The van der Waals surface area contributed by atoms with Gasteiger partial charge >= 0.3 is 0 Å². The number of aliphatic hydroxyl groups is 2. The van der Waals surface area contributed by atoms with E-state index < -0.39 is 0 Å². The molecule has 168 valence electrons.